The van der Waals surface area contributed by atoms with Gasteiger partial charge in [-0.15, -0.1) is 11.8 Å². The number of carboxylic acids is 1. The number of carboxylic acid groups (broad SMARTS) is 1. The summed E-state index contributed by atoms with van der Waals surface area (Å²) in [6.07, 6.45) is 0. The molecule has 82 valence electrons. The Hall–Kier alpha value is -1.14. The monoisotopic (exact) mass is 233 g/mol. The van der Waals surface area contributed by atoms with Gasteiger partial charge in [-0.3, -0.25) is 4.79 Å². The van der Waals surface area contributed by atoms with Crippen LogP contribution in [0.5, 0.6) is 0 Å². The quantitative estimate of drug-likeness (QED) is 0.773. The summed E-state index contributed by atoms with van der Waals surface area (Å²) >= 11 is 0.877. The Morgan fingerprint density at radius 3 is 2.80 bits per heavy atom. The Morgan fingerprint density at radius 2 is 2.20 bits per heavy atom. The van der Waals surface area contributed by atoms with Crippen molar-refractivity contribution in [2.45, 2.75) is 10.9 Å². The van der Waals surface area contributed by atoms with Crippen LogP contribution >= 0.6 is 11.8 Å². The van der Waals surface area contributed by atoms with Crippen LogP contribution in [0.25, 0.3) is 0 Å². The molecule has 0 heterocycles. The van der Waals surface area contributed by atoms with Crippen molar-refractivity contribution < 1.29 is 18.7 Å². The standard InChI is InChI=1S/C9H9F2NO2S/c10-5-1-2-6(11)8(3-5)15-4-7(12)9(13)14/h1-3,7H,4,12H2,(H,13,14). The van der Waals surface area contributed by atoms with Crippen molar-refractivity contribution in [3.05, 3.63) is 29.8 Å². The lowest BCUT2D eigenvalue weighted by atomic mass is 10.3. The first kappa shape index (κ1) is 11.9. The highest BCUT2D eigenvalue weighted by atomic mass is 32.2. The van der Waals surface area contributed by atoms with Gasteiger partial charge in [-0.1, -0.05) is 0 Å². The number of hydrogen-bond acceptors (Lipinski definition) is 3. The number of carbonyl (C=O) groups is 1. The number of aliphatic carboxylic acids is 1. The largest absolute Gasteiger partial charge is 0.480 e. The Kier molecular flexibility index (Phi) is 4.05. The molecule has 0 fully saturated rings. The van der Waals surface area contributed by atoms with Crippen LogP contribution in [-0.2, 0) is 4.79 Å². The van der Waals surface area contributed by atoms with Crippen LogP contribution in [-0.4, -0.2) is 22.9 Å². The molecular weight excluding hydrogens is 224 g/mol. The van der Waals surface area contributed by atoms with Gasteiger partial charge in [-0.05, 0) is 18.2 Å². The predicted octanol–water partition coefficient (Wildman–Crippen LogP) is 1.47. The molecule has 3 N–H and O–H groups in total. The maximum Gasteiger partial charge on any atom is 0.321 e. The van der Waals surface area contributed by atoms with Crippen LogP contribution < -0.4 is 5.73 Å². The van der Waals surface area contributed by atoms with Crippen LogP contribution in [0.4, 0.5) is 8.78 Å². The van der Waals surface area contributed by atoms with Crippen molar-refractivity contribution in [1.82, 2.24) is 0 Å². The van der Waals surface area contributed by atoms with Crippen molar-refractivity contribution in [3.8, 4) is 0 Å². The number of thioether (sulfide) groups is 1. The number of rotatable bonds is 4. The van der Waals surface area contributed by atoms with Gasteiger partial charge in [-0.2, -0.15) is 0 Å². The smallest absolute Gasteiger partial charge is 0.321 e. The Bertz CT molecular complexity index is 373. The van der Waals surface area contributed by atoms with Crippen molar-refractivity contribution in [3.63, 3.8) is 0 Å². The third kappa shape index (κ3) is 3.49. The summed E-state index contributed by atoms with van der Waals surface area (Å²) in [7, 11) is 0. The zero-order valence-corrected chi connectivity index (χ0v) is 8.43. The summed E-state index contributed by atoms with van der Waals surface area (Å²) < 4.78 is 25.7. The van der Waals surface area contributed by atoms with Gasteiger partial charge in [-0.25, -0.2) is 8.78 Å². The summed E-state index contributed by atoms with van der Waals surface area (Å²) in [5.41, 5.74) is 5.22. The summed E-state index contributed by atoms with van der Waals surface area (Å²) in [5, 5.41) is 8.48. The molecule has 1 unspecified atom stereocenters. The molecule has 1 rings (SSSR count). The van der Waals surface area contributed by atoms with Gasteiger partial charge in [0.15, 0.2) is 0 Å². The zero-order chi connectivity index (χ0) is 11.4. The minimum atomic E-state index is -1.17. The molecule has 0 aliphatic heterocycles. The molecule has 0 saturated carbocycles. The highest BCUT2D eigenvalue weighted by Crippen LogP contribution is 2.22. The van der Waals surface area contributed by atoms with Gasteiger partial charge in [0.25, 0.3) is 0 Å². The number of nitrogens with two attached hydrogens (primary N) is 1. The first-order valence-electron chi connectivity index (χ1n) is 4.07. The van der Waals surface area contributed by atoms with Crippen molar-refractivity contribution in [1.29, 1.82) is 0 Å². The third-order valence-corrected chi connectivity index (χ3v) is 2.78. The maximum absolute atomic E-state index is 13.0. The Balaban J connectivity index is 2.65. The highest BCUT2D eigenvalue weighted by molar-refractivity contribution is 7.99. The fourth-order valence-electron chi connectivity index (χ4n) is 0.839. The molecule has 0 saturated heterocycles. The first-order chi connectivity index (χ1) is 7.00. The lowest BCUT2D eigenvalue weighted by molar-refractivity contribution is -0.137. The van der Waals surface area contributed by atoms with E-state index in [2.05, 4.69) is 0 Å². The van der Waals surface area contributed by atoms with Gasteiger partial charge in [0.05, 0.1) is 0 Å². The topological polar surface area (TPSA) is 63.3 Å². The van der Waals surface area contributed by atoms with E-state index in [4.69, 9.17) is 10.8 Å². The highest BCUT2D eigenvalue weighted by Gasteiger charge is 2.13. The molecule has 0 aliphatic rings. The summed E-state index contributed by atoms with van der Waals surface area (Å²) in [5.74, 6) is -2.32. The fourth-order valence-corrected chi connectivity index (χ4v) is 1.74. The minimum absolute atomic E-state index is 0.00426. The lowest BCUT2D eigenvalue weighted by Gasteiger charge is -2.06. The zero-order valence-electron chi connectivity index (χ0n) is 7.61. The second kappa shape index (κ2) is 5.09. The normalized spacial score (nSPS) is 12.5. The van der Waals surface area contributed by atoms with Crippen LogP contribution in [0.2, 0.25) is 0 Å². The molecule has 1 aromatic carbocycles. The van der Waals surface area contributed by atoms with Crippen molar-refractivity contribution >= 4 is 17.7 Å². The van der Waals surface area contributed by atoms with E-state index in [0.717, 1.165) is 30.0 Å². The van der Waals surface area contributed by atoms with Crippen LogP contribution in [0.3, 0.4) is 0 Å². The molecule has 15 heavy (non-hydrogen) atoms. The van der Waals surface area contributed by atoms with E-state index in [9.17, 15) is 13.6 Å². The SMILES string of the molecule is NC(CSc1cc(F)ccc1F)C(=O)O. The van der Waals surface area contributed by atoms with E-state index < -0.39 is 23.6 Å². The van der Waals surface area contributed by atoms with E-state index in [0.29, 0.717) is 0 Å². The number of hydrogen-bond donors (Lipinski definition) is 2. The van der Waals surface area contributed by atoms with Gasteiger partial charge in [0.2, 0.25) is 0 Å². The second-order valence-electron chi connectivity index (χ2n) is 2.83. The van der Waals surface area contributed by atoms with Crippen molar-refractivity contribution in [2.75, 3.05) is 5.75 Å². The first-order valence-corrected chi connectivity index (χ1v) is 5.05. The van der Waals surface area contributed by atoms with Crippen LogP contribution in [0, 0.1) is 11.6 Å². The molecule has 6 heteroatoms. The molecule has 0 aromatic heterocycles. The van der Waals surface area contributed by atoms with Gasteiger partial charge >= 0.3 is 5.97 Å². The third-order valence-electron chi connectivity index (χ3n) is 1.63. The van der Waals surface area contributed by atoms with Gasteiger partial charge in [0.1, 0.15) is 17.7 Å². The van der Waals surface area contributed by atoms with E-state index in [1.54, 1.807) is 0 Å². The minimum Gasteiger partial charge on any atom is -0.480 e. The van der Waals surface area contributed by atoms with Crippen LogP contribution in [0.15, 0.2) is 23.1 Å². The fraction of sp³-hybridized carbons (Fsp3) is 0.222. The molecule has 0 radical (unpaired) electrons. The molecule has 0 bridgehead atoms. The molecule has 0 amide bonds. The summed E-state index contributed by atoms with van der Waals surface area (Å²) in [6, 6.07) is 1.91. The number of benzene rings is 1. The summed E-state index contributed by atoms with van der Waals surface area (Å²) in [6.45, 7) is 0. The maximum atomic E-state index is 13.0. The molecule has 1 atom stereocenters. The van der Waals surface area contributed by atoms with Gasteiger partial charge < -0.3 is 10.8 Å². The average Bonchev–Trinajstić information content (AvgIpc) is 2.18. The molecular formula is C9H9F2NO2S. The van der Waals surface area contributed by atoms with E-state index in [-0.39, 0.29) is 10.6 Å². The lowest BCUT2D eigenvalue weighted by Crippen LogP contribution is -2.32. The second-order valence-corrected chi connectivity index (χ2v) is 3.89. The summed E-state index contributed by atoms with van der Waals surface area (Å²) in [4.78, 5) is 10.4. The van der Waals surface area contributed by atoms with E-state index in [1.165, 1.54) is 0 Å². The van der Waals surface area contributed by atoms with E-state index >= 15 is 0 Å². The average molecular weight is 233 g/mol. The number of halogens is 2. The molecule has 0 aliphatic carbocycles. The molecule has 1 aromatic rings. The Labute approximate surface area is 89.3 Å². The molecule has 0 spiro atoms. The van der Waals surface area contributed by atoms with E-state index in [1.807, 2.05) is 0 Å². The van der Waals surface area contributed by atoms with Gasteiger partial charge in [0, 0.05) is 10.6 Å². The Morgan fingerprint density at radius 1 is 1.53 bits per heavy atom. The van der Waals surface area contributed by atoms with Crippen LogP contribution in [0.1, 0.15) is 0 Å². The predicted molar refractivity (Wildman–Crippen MR) is 52.7 cm³/mol. The van der Waals surface area contributed by atoms with Crippen molar-refractivity contribution in [2.24, 2.45) is 5.73 Å². The molecule has 3 nitrogen and oxygen atoms in total.